The van der Waals surface area contributed by atoms with Gasteiger partial charge in [0.1, 0.15) is 22.5 Å². The molecule has 1 heterocycles. The number of aromatic nitrogens is 2. The van der Waals surface area contributed by atoms with Crippen molar-refractivity contribution >= 4 is 28.3 Å². The number of carbonyl (C=O) groups is 2. The molecule has 3 rings (SSSR count). The zero-order chi connectivity index (χ0) is 23.8. The van der Waals surface area contributed by atoms with Crippen LogP contribution in [-0.2, 0) is 16.0 Å². The molecule has 0 fully saturated rings. The minimum Gasteiger partial charge on any atom is -0.497 e. The van der Waals surface area contributed by atoms with E-state index in [4.69, 9.17) is 9.47 Å². The number of methoxy groups -OCH3 is 2. The molecule has 9 heteroatoms. The van der Waals surface area contributed by atoms with Crippen molar-refractivity contribution in [2.75, 3.05) is 19.5 Å². The molecule has 0 saturated heterocycles. The summed E-state index contributed by atoms with van der Waals surface area (Å²) in [7, 11) is 3.19. The van der Waals surface area contributed by atoms with Crippen LogP contribution in [0.3, 0.4) is 0 Å². The molecule has 3 aromatic rings. The van der Waals surface area contributed by atoms with E-state index >= 15 is 0 Å². The molecule has 0 unspecified atom stereocenters. The molecule has 0 aliphatic heterocycles. The SMILES string of the molecule is CC[C@@H](C)[C@H](NC(=O)Cc1ccc(OC)cc1)C(=O)Nc1nnc(-c2cccc(OC)c2)s1. The summed E-state index contributed by atoms with van der Waals surface area (Å²) in [6, 6.07) is 14.0. The second-order valence-electron chi connectivity index (χ2n) is 7.59. The van der Waals surface area contributed by atoms with Crippen molar-refractivity contribution in [1.29, 1.82) is 0 Å². The Morgan fingerprint density at radius 3 is 2.42 bits per heavy atom. The molecule has 2 aromatic carbocycles. The summed E-state index contributed by atoms with van der Waals surface area (Å²) in [6.07, 6.45) is 0.898. The maximum absolute atomic E-state index is 13.0. The smallest absolute Gasteiger partial charge is 0.249 e. The topological polar surface area (TPSA) is 102 Å². The van der Waals surface area contributed by atoms with E-state index in [9.17, 15) is 9.59 Å². The lowest BCUT2D eigenvalue weighted by atomic mass is 9.98. The Kier molecular flexibility index (Phi) is 8.37. The zero-order valence-electron chi connectivity index (χ0n) is 19.1. The van der Waals surface area contributed by atoms with Crippen LogP contribution in [0.15, 0.2) is 48.5 Å². The fourth-order valence-corrected chi connectivity index (χ4v) is 3.93. The normalized spacial score (nSPS) is 12.5. The first-order chi connectivity index (χ1) is 15.9. The molecule has 8 nitrogen and oxygen atoms in total. The monoisotopic (exact) mass is 468 g/mol. The Hall–Kier alpha value is -3.46. The molecule has 33 heavy (non-hydrogen) atoms. The third-order valence-electron chi connectivity index (χ3n) is 5.31. The fourth-order valence-electron chi connectivity index (χ4n) is 3.18. The van der Waals surface area contributed by atoms with Crippen molar-refractivity contribution in [1.82, 2.24) is 15.5 Å². The van der Waals surface area contributed by atoms with Crippen molar-refractivity contribution < 1.29 is 19.1 Å². The standard InChI is InChI=1S/C24H28N4O4S/c1-5-15(2)21(25-20(29)13-16-9-11-18(31-3)12-10-16)22(30)26-24-28-27-23(33-24)17-7-6-8-19(14-17)32-4/h6-12,14-15,21H,5,13H2,1-4H3,(H,25,29)(H,26,28,30)/t15-,21+/m1/s1. The van der Waals surface area contributed by atoms with Crippen LogP contribution >= 0.6 is 11.3 Å². The lowest BCUT2D eigenvalue weighted by molar-refractivity contribution is -0.127. The Bertz CT molecular complexity index is 1080. The van der Waals surface area contributed by atoms with E-state index in [0.717, 1.165) is 23.3 Å². The number of benzene rings is 2. The van der Waals surface area contributed by atoms with Crippen LogP contribution in [0, 0.1) is 5.92 Å². The van der Waals surface area contributed by atoms with Gasteiger partial charge in [-0.25, -0.2) is 0 Å². The maximum Gasteiger partial charge on any atom is 0.249 e. The second-order valence-corrected chi connectivity index (χ2v) is 8.57. The molecule has 1 aromatic heterocycles. The highest BCUT2D eigenvalue weighted by atomic mass is 32.1. The van der Waals surface area contributed by atoms with E-state index in [-0.39, 0.29) is 24.2 Å². The summed E-state index contributed by atoms with van der Waals surface area (Å²) in [4.78, 5) is 25.7. The first kappa shape index (κ1) is 24.2. The van der Waals surface area contributed by atoms with Gasteiger partial charge >= 0.3 is 0 Å². The number of nitrogens with zero attached hydrogens (tertiary/aromatic N) is 2. The quantitative estimate of drug-likeness (QED) is 0.467. The first-order valence-electron chi connectivity index (χ1n) is 10.6. The van der Waals surface area contributed by atoms with Gasteiger partial charge in [0.2, 0.25) is 16.9 Å². The molecule has 174 valence electrons. The number of anilines is 1. The van der Waals surface area contributed by atoms with E-state index in [2.05, 4.69) is 20.8 Å². The average Bonchev–Trinajstić information content (AvgIpc) is 3.31. The van der Waals surface area contributed by atoms with E-state index in [0.29, 0.717) is 15.9 Å². The lowest BCUT2D eigenvalue weighted by Crippen LogP contribution is -2.48. The predicted molar refractivity (Wildman–Crippen MR) is 129 cm³/mol. The molecule has 0 saturated carbocycles. The lowest BCUT2D eigenvalue weighted by Gasteiger charge is -2.23. The van der Waals surface area contributed by atoms with Crippen LogP contribution in [0.1, 0.15) is 25.8 Å². The molecular weight excluding hydrogens is 440 g/mol. The fraction of sp³-hybridized carbons (Fsp3) is 0.333. The number of hydrogen-bond acceptors (Lipinski definition) is 7. The largest absolute Gasteiger partial charge is 0.497 e. The van der Waals surface area contributed by atoms with Crippen molar-refractivity contribution in [2.45, 2.75) is 32.7 Å². The molecule has 0 bridgehead atoms. The molecule has 0 radical (unpaired) electrons. The minimum absolute atomic E-state index is 0.0596. The van der Waals surface area contributed by atoms with Gasteiger partial charge in [0.15, 0.2) is 0 Å². The Morgan fingerprint density at radius 1 is 1.03 bits per heavy atom. The van der Waals surface area contributed by atoms with Crippen molar-refractivity contribution in [2.24, 2.45) is 5.92 Å². The van der Waals surface area contributed by atoms with E-state index < -0.39 is 6.04 Å². The summed E-state index contributed by atoms with van der Waals surface area (Å²) in [5, 5.41) is 15.0. The number of ether oxygens (including phenoxy) is 2. The van der Waals surface area contributed by atoms with Gasteiger partial charge in [-0.15, -0.1) is 10.2 Å². The summed E-state index contributed by atoms with van der Waals surface area (Å²) >= 11 is 1.26. The van der Waals surface area contributed by atoms with Gasteiger partial charge in [-0.1, -0.05) is 55.9 Å². The Balaban J connectivity index is 1.66. The van der Waals surface area contributed by atoms with Crippen LogP contribution < -0.4 is 20.1 Å². The predicted octanol–water partition coefficient (Wildman–Crippen LogP) is 3.93. The maximum atomic E-state index is 13.0. The Morgan fingerprint density at radius 2 is 1.76 bits per heavy atom. The molecule has 0 aliphatic carbocycles. The van der Waals surface area contributed by atoms with E-state index in [1.807, 2.05) is 50.2 Å². The van der Waals surface area contributed by atoms with Gasteiger partial charge in [-0.2, -0.15) is 0 Å². The molecule has 2 N–H and O–H groups in total. The number of hydrogen-bond donors (Lipinski definition) is 2. The molecular formula is C24H28N4O4S. The number of amides is 2. The molecule has 0 aliphatic rings. The van der Waals surface area contributed by atoms with Gasteiger partial charge < -0.3 is 14.8 Å². The highest BCUT2D eigenvalue weighted by molar-refractivity contribution is 7.18. The van der Waals surface area contributed by atoms with Crippen molar-refractivity contribution in [3.05, 3.63) is 54.1 Å². The molecule has 0 spiro atoms. The number of rotatable bonds is 10. The molecule has 2 atom stereocenters. The summed E-state index contributed by atoms with van der Waals surface area (Å²) < 4.78 is 10.4. The van der Waals surface area contributed by atoms with Crippen LogP contribution in [0.4, 0.5) is 5.13 Å². The number of carbonyl (C=O) groups excluding carboxylic acids is 2. The van der Waals surface area contributed by atoms with Gasteiger partial charge in [0.05, 0.1) is 20.6 Å². The average molecular weight is 469 g/mol. The van der Waals surface area contributed by atoms with E-state index in [1.165, 1.54) is 11.3 Å². The highest BCUT2D eigenvalue weighted by Gasteiger charge is 2.27. The minimum atomic E-state index is -0.690. The van der Waals surface area contributed by atoms with Gasteiger partial charge in [-0.3, -0.25) is 14.9 Å². The van der Waals surface area contributed by atoms with Gasteiger partial charge in [0.25, 0.3) is 0 Å². The van der Waals surface area contributed by atoms with Gasteiger partial charge in [0, 0.05) is 5.56 Å². The first-order valence-corrected chi connectivity index (χ1v) is 11.5. The highest BCUT2D eigenvalue weighted by Crippen LogP contribution is 2.29. The zero-order valence-corrected chi connectivity index (χ0v) is 19.9. The second kappa shape index (κ2) is 11.4. The van der Waals surface area contributed by atoms with Crippen molar-refractivity contribution in [3.63, 3.8) is 0 Å². The van der Waals surface area contributed by atoms with Crippen LogP contribution in [-0.4, -0.2) is 42.3 Å². The summed E-state index contributed by atoms with van der Waals surface area (Å²) in [5.41, 5.74) is 1.68. The number of nitrogens with one attached hydrogen (secondary N) is 2. The third kappa shape index (κ3) is 6.52. The summed E-state index contributed by atoms with van der Waals surface area (Å²) in [5.74, 6) is 0.831. The van der Waals surface area contributed by atoms with Crippen LogP contribution in [0.2, 0.25) is 0 Å². The van der Waals surface area contributed by atoms with Crippen LogP contribution in [0.25, 0.3) is 10.6 Å². The van der Waals surface area contributed by atoms with Crippen LogP contribution in [0.5, 0.6) is 11.5 Å². The molecule has 2 amide bonds. The van der Waals surface area contributed by atoms with Crippen molar-refractivity contribution in [3.8, 4) is 22.1 Å². The van der Waals surface area contributed by atoms with Gasteiger partial charge in [-0.05, 0) is 35.7 Å². The third-order valence-corrected chi connectivity index (χ3v) is 6.20. The summed E-state index contributed by atoms with van der Waals surface area (Å²) in [6.45, 7) is 3.91. The Labute approximate surface area is 197 Å². The van der Waals surface area contributed by atoms with E-state index in [1.54, 1.807) is 26.4 Å².